The lowest BCUT2D eigenvalue weighted by Crippen LogP contribution is -2.10. The molecule has 1 atom stereocenters. The van der Waals surface area contributed by atoms with Crippen LogP contribution in [-0.2, 0) is 4.57 Å². The molecule has 0 saturated heterocycles. The van der Waals surface area contributed by atoms with Gasteiger partial charge in [0.1, 0.15) is 22.3 Å². The molecule has 4 aromatic heterocycles. The molecule has 0 amide bonds. The highest BCUT2D eigenvalue weighted by Crippen LogP contribution is 2.44. The molecule has 0 aliphatic carbocycles. The predicted molar refractivity (Wildman–Crippen MR) is 198 cm³/mol. The lowest BCUT2D eigenvalue weighted by molar-refractivity contribution is 0.598. The minimum Gasteiger partial charge on any atom is -0.456 e. The maximum atomic E-state index is 15.0. The van der Waals surface area contributed by atoms with Gasteiger partial charge in [-0.05, 0) is 72.3 Å². The van der Waals surface area contributed by atoms with E-state index in [4.69, 9.17) is 8.83 Å². The van der Waals surface area contributed by atoms with Crippen molar-refractivity contribution < 1.29 is 13.4 Å². The van der Waals surface area contributed by atoms with E-state index in [0.717, 1.165) is 104 Å². The molecule has 0 aliphatic rings. The Morgan fingerprint density at radius 2 is 0.896 bits per heavy atom. The first kappa shape index (κ1) is 26.0. The molecule has 48 heavy (non-hydrogen) atoms. The molecule has 224 valence electrons. The van der Waals surface area contributed by atoms with E-state index >= 15 is 4.57 Å². The van der Waals surface area contributed by atoms with Crippen molar-refractivity contribution in [1.29, 1.82) is 0 Å². The quantitative estimate of drug-likeness (QED) is 0.190. The van der Waals surface area contributed by atoms with Gasteiger partial charge in [-0.25, -0.2) is 0 Å². The van der Waals surface area contributed by atoms with E-state index in [1.807, 2.05) is 66.7 Å². The largest absolute Gasteiger partial charge is 0.456 e. The summed E-state index contributed by atoms with van der Waals surface area (Å²) in [7, 11) is -2.04. The highest BCUT2D eigenvalue weighted by Gasteiger charge is 2.33. The Kier molecular flexibility index (Phi) is 5.11. The fourth-order valence-electron chi connectivity index (χ4n) is 7.83. The number of benzene rings is 7. The van der Waals surface area contributed by atoms with Crippen molar-refractivity contribution in [3.8, 4) is 11.1 Å². The van der Waals surface area contributed by atoms with Gasteiger partial charge >= 0.3 is 7.80 Å². The SMILES string of the molecule is O=[P+](c1ccccc1-c1cccc2oc3ccc4c5ccccc5[nH]c4c3c12)c1cccc2oc3ccc4c5ccccc5[nH]c4c3c12. The molecule has 0 radical (unpaired) electrons. The lowest BCUT2D eigenvalue weighted by Gasteiger charge is -2.06. The Morgan fingerprint density at radius 3 is 1.58 bits per heavy atom. The van der Waals surface area contributed by atoms with Gasteiger partial charge in [0.05, 0.1) is 27.2 Å². The maximum Gasteiger partial charge on any atom is 0.416 e. The molecule has 6 heteroatoms. The van der Waals surface area contributed by atoms with Crippen LogP contribution in [0.1, 0.15) is 0 Å². The van der Waals surface area contributed by atoms with Crippen molar-refractivity contribution in [1.82, 2.24) is 9.97 Å². The first-order valence-electron chi connectivity index (χ1n) is 16.0. The number of hydrogen-bond acceptors (Lipinski definition) is 3. The number of fused-ring (bicyclic) bond motifs is 14. The van der Waals surface area contributed by atoms with E-state index in [0.29, 0.717) is 0 Å². The summed E-state index contributed by atoms with van der Waals surface area (Å²) in [5.41, 5.74) is 9.18. The summed E-state index contributed by atoms with van der Waals surface area (Å²) in [5.74, 6) is 0. The van der Waals surface area contributed by atoms with Gasteiger partial charge in [-0.3, -0.25) is 0 Å². The third kappa shape index (κ3) is 3.41. The van der Waals surface area contributed by atoms with Crippen molar-refractivity contribution in [2.75, 3.05) is 0 Å². The van der Waals surface area contributed by atoms with E-state index in [1.165, 1.54) is 5.39 Å². The van der Waals surface area contributed by atoms with E-state index in [9.17, 15) is 0 Å². The summed E-state index contributed by atoms with van der Waals surface area (Å²) >= 11 is 0. The average molecular weight is 636 g/mol. The second kappa shape index (κ2) is 9.45. The van der Waals surface area contributed by atoms with Crippen molar-refractivity contribution in [3.63, 3.8) is 0 Å². The molecular weight excluding hydrogens is 611 g/mol. The van der Waals surface area contributed by atoms with Gasteiger partial charge in [-0.2, -0.15) is 0 Å². The van der Waals surface area contributed by atoms with Gasteiger partial charge in [0.15, 0.2) is 0 Å². The lowest BCUT2D eigenvalue weighted by atomic mass is 9.98. The molecular formula is C42H24N2O3P+. The number of nitrogens with one attached hydrogen (secondary N) is 2. The third-order valence-corrected chi connectivity index (χ3v) is 11.5. The Labute approximate surface area is 273 Å². The minimum atomic E-state index is -2.04. The summed E-state index contributed by atoms with van der Waals surface area (Å²) in [4.78, 5) is 7.30. The highest BCUT2D eigenvalue weighted by molar-refractivity contribution is 7.62. The Morgan fingerprint density at radius 1 is 0.396 bits per heavy atom. The summed E-state index contributed by atoms with van der Waals surface area (Å²) in [6.07, 6.45) is 0. The van der Waals surface area contributed by atoms with Crippen molar-refractivity contribution >= 4 is 106 Å². The monoisotopic (exact) mass is 635 g/mol. The van der Waals surface area contributed by atoms with Crippen LogP contribution in [0.25, 0.3) is 98.6 Å². The average Bonchev–Trinajstić information content (AvgIpc) is 3.90. The normalized spacial score (nSPS) is 12.6. The summed E-state index contributed by atoms with van der Waals surface area (Å²) < 4.78 is 27.9. The highest BCUT2D eigenvalue weighted by atomic mass is 31.1. The van der Waals surface area contributed by atoms with E-state index in [-0.39, 0.29) is 0 Å². The second-order valence-electron chi connectivity index (χ2n) is 12.4. The van der Waals surface area contributed by atoms with Gasteiger partial charge in [0.25, 0.3) is 0 Å². The molecule has 0 saturated carbocycles. The molecule has 5 nitrogen and oxygen atoms in total. The third-order valence-electron chi connectivity index (χ3n) is 9.89. The van der Waals surface area contributed by atoms with E-state index in [1.54, 1.807) is 0 Å². The van der Waals surface area contributed by atoms with Crippen LogP contribution >= 0.6 is 7.80 Å². The summed E-state index contributed by atoms with van der Waals surface area (Å²) in [6.45, 7) is 0. The Hall–Kier alpha value is -6.16. The van der Waals surface area contributed by atoms with Crippen LogP contribution in [0.15, 0.2) is 142 Å². The van der Waals surface area contributed by atoms with Crippen molar-refractivity contribution in [3.05, 3.63) is 133 Å². The van der Waals surface area contributed by atoms with Gasteiger partial charge in [-0.1, -0.05) is 71.3 Å². The topological polar surface area (TPSA) is 74.9 Å². The number of H-pyrrole nitrogens is 2. The Bertz CT molecular complexity index is 3160. The zero-order chi connectivity index (χ0) is 31.5. The first-order chi connectivity index (χ1) is 23.7. The van der Waals surface area contributed by atoms with Crippen LogP contribution in [0.4, 0.5) is 0 Å². The van der Waals surface area contributed by atoms with Crippen LogP contribution in [0.2, 0.25) is 0 Å². The molecule has 4 heterocycles. The zero-order valence-corrected chi connectivity index (χ0v) is 26.3. The fraction of sp³-hybridized carbons (Fsp3) is 0. The van der Waals surface area contributed by atoms with Crippen LogP contribution in [0.5, 0.6) is 0 Å². The minimum absolute atomic E-state index is 0.721. The molecule has 11 aromatic rings. The number of hydrogen-bond donors (Lipinski definition) is 2. The fourth-order valence-corrected chi connectivity index (χ4v) is 9.38. The van der Waals surface area contributed by atoms with Gasteiger partial charge < -0.3 is 18.8 Å². The number of para-hydroxylation sites is 2. The molecule has 11 rings (SSSR count). The Balaban J connectivity index is 1.18. The molecule has 0 aliphatic heterocycles. The number of aromatic amines is 2. The number of rotatable bonds is 3. The second-order valence-corrected chi connectivity index (χ2v) is 14.0. The standard InChI is InChI=1S/C42H24N2O3P/c45-48(36-18-8-16-32-38(36)40-34(47-32)22-20-28-24-10-2-5-14-30(24)44-42(28)40)35-17-6-3-11-25(35)26-12-7-15-31-37(26)39-33(46-31)21-19-27-23-9-1-4-13-29(23)43-41(27)39/h1-22,43-44H/q+1. The molecule has 0 spiro atoms. The molecule has 0 fully saturated rings. The first-order valence-corrected chi connectivity index (χ1v) is 17.2. The smallest absolute Gasteiger partial charge is 0.416 e. The predicted octanol–water partition coefficient (Wildman–Crippen LogP) is 11.2. The number of aromatic nitrogens is 2. The van der Waals surface area contributed by atoms with E-state index < -0.39 is 7.80 Å². The molecule has 0 bridgehead atoms. The maximum absolute atomic E-state index is 15.0. The van der Waals surface area contributed by atoms with Crippen LogP contribution < -0.4 is 10.6 Å². The van der Waals surface area contributed by atoms with Crippen molar-refractivity contribution in [2.24, 2.45) is 0 Å². The molecule has 2 N–H and O–H groups in total. The van der Waals surface area contributed by atoms with Gasteiger partial charge in [0, 0.05) is 43.5 Å². The van der Waals surface area contributed by atoms with Gasteiger partial charge in [0.2, 0.25) is 10.6 Å². The molecule has 7 aromatic carbocycles. The van der Waals surface area contributed by atoms with Crippen LogP contribution in [-0.4, -0.2) is 9.97 Å². The number of furan rings is 2. The zero-order valence-electron chi connectivity index (χ0n) is 25.4. The van der Waals surface area contributed by atoms with Crippen LogP contribution in [0.3, 0.4) is 0 Å². The van der Waals surface area contributed by atoms with Crippen LogP contribution in [0, 0.1) is 0 Å². The van der Waals surface area contributed by atoms with E-state index in [2.05, 4.69) is 76.7 Å². The summed E-state index contributed by atoms with van der Waals surface area (Å²) in [5, 5.41) is 9.99. The van der Waals surface area contributed by atoms with Gasteiger partial charge in [-0.15, -0.1) is 0 Å². The summed E-state index contributed by atoms with van der Waals surface area (Å²) in [6, 6.07) is 45.1. The van der Waals surface area contributed by atoms with Crippen molar-refractivity contribution in [2.45, 2.75) is 0 Å². The molecule has 1 unspecified atom stereocenters.